The van der Waals surface area contributed by atoms with Gasteiger partial charge in [-0.1, -0.05) is 0 Å². The topological polar surface area (TPSA) is 53.6 Å². The number of piperidine rings is 1. The molecule has 0 aromatic heterocycles. The van der Waals surface area contributed by atoms with Crippen LogP contribution in [0.15, 0.2) is 0 Å². The number of nitrogens with zero attached hydrogens (tertiary/aromatic N) is 1. The van der Waals surface area contributed by atoms with Gasteiger partial charge in [-0.25, -0.2) is 4.79 Å². The Morgan fingerprint density at radius 1 is 1.42 bits per heavy atom. The highest BCUT2D eigenvalue weighted by Gasteiger charge is 2.30. The first kappa shape index (κ1) is 16.0. The second-order valence-electron chi connectivity index (χ2n) is 5.78. The van der Waals surface area contributed by atoms with Crippen LogP contribution < -0.4 is 10.6 Å². The van der Waals surface area contributed by atoms with Gasteiger partial charge in [0.05, 0.1) is 6.04 Å². The predicted molar refractivity (Wildman–Crippen MR) is 80.2 cm³/mol. The molecule has 6 heteroatoms. The molecule has 0 aromatic carbocycles. The van der Waals surface area contributed by atoms with Gasteiger partial charge in [0.2, 0.25) is 0 Å². The van der Waals surface area contributed by atoms with Crippen molar-refractivity contribution in [3.8, 4) is 0 Å². The van der Waals surface area contributed by atoms with Crippen molar-refractivity contribution >= 4 is 23.4 Å². The summed E-state index contributed by atoms with van der Waals surface area (Å²) < 4.78 is 5.45. The van der Waals surface area contributed by atoms with Crippen LogP contribution in [0.25, 0.3) is 0 Å². The number of rotatable bonds is 2. The molecule has 1 aliphatic heterocycles. The number of carbonyl (C=O) groups excluding carboxylic acids is 1. The van der Waals surface area contributed by atoms with Gasteiger partial charge in [0, 0.05) is 20.1 Å². The molecule has 19 heavy (non-hydrogen) atoms. The van der Waals surface area contributed by atoms with Crippen LogP contribution in [0.5, 0.6) is 0 Å². The van der Waals surface area contributed by atoms with Crippen LogP contribution in [0.2, 0.25) is 0 Å². The molecule has 110 valence electrons. The average molecular weight is 287 g/mol. The zero-order valence-corrected chi connectivity index (χ0v) is 13.1. The van der Waals surface area contributed by atoms with Crippen LogP contribution >= 0.6 is 12.2 Å². The predicted octanol–water partition coefficient (Wildman–Crippen LogP) is 1.87. The SMILES string of the molecule is CNC(=S)NCC1CCCCN1C(=O)OC(C)(C)C. The molecule has 0 radical (unpaired) electrons. The Kier molecular flexibility index (Phi) is 5.85. The highest BCUT2D eigenvalue weighted by atomic mass is 32.1. The molecule has 1 amide bonds. The van der Waals surface area contributed by atoms with Crippen molar-refractivity contribution in [3.05, 3.63) is 0 Å². The summed E-state index contributed by atoms with van der Waals surface area (Å²) in [6, 6.07) is 0.148. The van der Waals surface area contributed by atoms with Crippen LogP contribution in [0, 0.1) is 0 Å². The summed E-state index contributed by atoms with van der Waals surface area (Å²) >= 11 is 5.06. The highest BCUT2D eigenvalue weighted by molar-refractivity contribution is 7.80. The Bertz CT molecular complexity index is 328. The standard InChI is InChI=1S/C13H25N3O2S/c1-13(2,3)18-12(17)16-8-6-5-7-10(16)9-15-11(19)14-4/h10H,5-9H2,1-4H3,(H2,14,15,19). The molecule has 0 spiro atoms. The second-order valence-corrected chi connectivity index (χ2v) is 6.19. The lowest BCUT2D eigenvalue weighted by Crippen LogP contribution is -2.51. The summed E-state index contributed by atoms with van der Waals surface area (Å²) in [6.45, 7) is 7.08. The fourth-order valence-electron chi connectivity index (χ4n) is 2.07. The summed E-state index contributed by atoms with van der Waals surface area (Å²) in [6.07, 6.45) is 2.93. The first-order valence-corrected chi connectivity index (χ1v) is 7.19. The number of nitrogens with one attached hydrogen (secondary N) is 2. The third-order valence-electron chi connectivity index (χ3n) is 2.98. The van der Waals surface area contributed by atoms with Crippen molar-refractivity contribution in [1.29, 1.82) is 0 Å². The lowest BCUT2D eigenvalue weighted by atomic mass is 10.0. The normalized spacial score (nSPS) is 19.8. The van der Waals surface area contributed by atoms with E-state index in [2.05, 4.69) is 10.6 Å². The summed E-state index contributed by atoms with van der Waals surface area (Å²) in [4.78, 5) is 14.0. The van der Waals surface area contributed by atoms with Gasteiger partial charge in [-0.3, -0.25) is 0 Å². The Morgan fingerprint density at radius 3 is 2.68 bits per heavy atom. The van der Waals surface area contributed by atoms with E-state index in [-0.39, 0.29) is 12.1 Å². The van der Waals surface area contributed by atoms with E-state index in [4.69, 9.17) is 17.0 Å². The van der Waals surface area contributed by atoms with Crippen LogP contribution in [-0.2, 0) is 4.74 Å². The van der Waals surface area contributed by atoms with Gasteiger partial charge in [0.15, 0.2) is 5.11 Å². The van der Waals surface area contributed by atoms with Gasteiger partial charge in [-0.2, -0.15) is 0 Å². The average Bonchev–Trinajstić information content (AvgIpc) is 2.34. The first-order chi connectivity index (χ1) is 8.83. The monoisotopic (exact) mass is 287 g/mol. The van der Waals surface area contributed by atoms with Crippen molar-refractivity contribution in [2.24, 2.45) is 0 Å². The summed E-state index contributed by atoms with van der Waals surface area (Å²) in [5.41, 5.74) is -0.452. The van der Waals surface area contributed by atoms with E-state index in [9.17, 15) is 4.79 Å². The van der Waals surface area contributed by atoms with E-state index in [1.807, 2.05) is 25.7 Å². The van der Waals surface area contributed by atoms with E-state index in [1.54, 1.807) is 7.05 Å². The number of thiocarbonyl (C=S) groups is 1. The van der Waals surface area contributed by atoms with Crippen molar-refractivity contribution in [2.45, 2.75) is 51.7 Å². The number of hydrogen-bond acceptors (Lipinski definition) is 3. The lowest BCUT2D eigenvalue weighted by molar-refractivity contribution is 0.0104. The zero-order valence-electron chi connectivity index (χ0n) is 12.3. The van der Waals surface area contributed by atoms with Crippen molar-refractivity contribution < 1.29 is 9.53 Å². The zero-order chi connectivity index (χ0) is 14.5. The minimum Gasteiger partial charge on any atom is -0.444 e. The fraction of sp³-hybridized carbons (Fsp3) is 0.846. The van der Waals surface area contributed by atoms with E-state index >= 15 is 0 Å². The van der Waals surface area contributed by atoms with Gasteiger partial charge in [0.1, 0.15) is 5.60 Å². The van der Waals surface area contributed by atoms with Crippen molar-refractivity contribution in [1.82, 2.24) is 15.5 Å². The fourth-order valence-corrected chi connectivity index (χ4v) is 2.16. The molecule has 0 bridgehead atoms. The van der Waals surface area contributed by atoms with Gasteiger partial charge in [0.25, 0.3) is 0 Å². The molecule has 0 aliphatic carbocycles. The smallest absolute Gasteiger partial charge is 0.410 e. The molecule has 1 saturated heterocycles. The second kappa shape index (κ2) is 6.93. The molecule has 0 saturated carbocycles. The number of carbonyl (C=O) groups is 1. The Labute approximate surface area is 121 Å². The minimum absolute atomic E-state index is 0.148. The maximum Gasteiger partial charge on any atom is 0.410 e. The van der Waals surface area contributed by atoms with Gasteiger partial charge in [-0.05, 0) is 52.3 Å². The number of ether oxygens (including phenoxy) is 1. The third-order valence-corrected chi connectivity index (χ3v) is 3.33. The van der Waals surface area contributed by atoms with Gasteiger partial charge >= 0.3 is 6.09 Å². The molecule has 1 atom stereocenters. The van der Waals surface area contributed by atoms with Gasteiger partial charge in [-0.15, -0.1) is 0 Å². The number of amides is 1. The summed E-state index contributed by atoms with van der Waals surface area (Å²) in [5.74, 6) is 0. The Morgan fingerprint density at radius 2 is 2.11 bits per heavy atom. The lowest BCUT2D eigenvalue weighted by Gasteiger charge is -2.37. The van der Waals surface area contributed by atoms with Crippen LogP contribution in [0.3, 0.4) is 0 Å². The van der Waals surface area contributed by atoms with Crippen molar-refractivity contribution in [2.75, 3.05) is 20.1 Å². The van der Waals surface area contributed by atoms with Crippen molar-refractivity contribution in [3.63, 3.8) is 0 Å². The molecule has 1 rings (SSSR count). The van der Waals surface area contributed by atoms with Crippen LogP contribution in [0.4, 0.5) is 4.79 Å². The minimum atomic E-state index is -0.452. The summed E-state index contributed by atoms with van der Waals surface area (Å²) in [5, 5.41) is 6.60. The quantitative estimate of drug-likeness (QED) is 0.759. The molecule has 1 heterocycles. The molecular formula is C13H25N3O2S. The molecule has 1 fully saturated rings. The van der Waals surface area contributed by atoms with Gasteiger partial charge < -0.3 is 20.3 Å². The number of hydrogen-bond donors (Lipinski definition) is 2. The molecule has 1 aliphatic rings. The molecule has 5 nitrogen and oxygen atoms in total. The Hall–Kier alpha value is -1.04. The maximum absolute atomic E-state index is 12.2. The molecular weight excluding hydrogens is 262 g/mol. The van der Waals surface area contributed by atoms with E-state index in [1.165, 1.54) is 0 Å². The van der Waals surface area contributed by atoms with Crippen LogP contribution in [-0.4, -0.2) is 47.9 Å². The third kappa shape index (κ3) is 5.63. The highest BCUT2D eigenvalue weighted by Crippen LogP contribution is 2.19. The largest absolute Gasteiger partial charge is 0.444 e. The first-order valence-electron chi connectivity index (χ1n) is 6.78. The number of likely N-dealkylation sites (tertiary alicyclic amines) is 1. The van der Waals surface area contributed by atoms with E-state index in [0.717, 1.165) is 25.8 Å². The molecule has 1 unspecified atom stereocenters. The molecule has 2 N–H and O–H groups in total. The molecule has 0 aromatic rings. The van der Waals surface area contributed by atoms with Crippen LogP contribution in [0.1, 0.15) is 40.0 Å². The maximum atomic E-state index is 12.2. The van der Waals surface area contributed by atoms with E-state index < -0.39 is 5.60 Å². The Balaban J connectivity index is 2.56. The van der Waals surface area contributed by atoms with E-state index in [0.29, 0.717) is 11.7 Å². The summed E-state index contributed by atoms with van der Waals surface area (Å²) in [7, 11) is 1.78.